The molecule has 4 N–H and O–H groups in total. The molecule has 19 heavy (non-hydrogen) atoms. The van der Waals surface area contributed by atoms with Crippen molar-refractivity contribution in [1.29, 1.82) is 0 Å². The third-order valence-electron chi connectivity index (χ3n) is 2.50. The second-order valence-electron chi connectivity index (χ2n) is 3.86. The van der Waals surface area contributed by atoms with Crippen LogP contribution < -0.4 is 11.1 Å². The minimum atomic E-state index is -1.01. The molecule has 2 aromatic rings. The maximum atomic E-state index is 10.8. The van der Waals surface area contributed by atoms with Crippen LogP contribution in [0.5, 0.6) is 0 Å². The van der Waals surface area contributed by atoms with E-state index in [9.17, 15) is 4.79 Å². The Morgan fingerprint density at radius 2 is 2.00 bits per heavy atom. The summed E-state index contributed by atoms with van der Waals surface area (Å²) < 4.78 is 0.800. The molecule has 6 heteroatoms. The van der Waals surface area contributed by atoms with Crippen molar-refractivity contribution < 1.29 is 9.90 Å². The molecule has 0 radical (unpaired) electrons. The Kier molecular flexibility index (Phi) is 3.97. The Labute approximate surface area is 123 Å². The topological polar surface area (TPSA) is 75.4 Å². The van der Waals surface area contributed by atoms with Crippen molar-refractivity contribution >= 4 is 50.6 Å². The average molecular weight is 342 g/mol. The molecular weight excluding hydrogens is 332 g/mol. The minimum absolute atomic E-state index is 0.150. The van der Waals surface area contributed by atoms with Gasteiger partial charge in [-0.05, 0) is 52.3 Å². The number of carboxylic acids is 1. The van der Waals surface area contributed by atoms with Crippen molar-refractivity contribution in [2.45, 2.75) is 0 Å². The molecule has 0 aliphatic rings. The van der Waals surface area contributed by atoms with Gasteiger partial charge in [-0.1, -0.05) is 11.6 Å². The van der Waals surface area contributed by atoms with E-state index in [0.29, 0.717) is 16.4 Å². The molecule has 0 aliphatic carbocycles. The Bertz CT molecular complexity index is 647. The average Bonchev–Trinajstić information content (AvgIpc) is 2.36. The lowest BCUT2D eigenvalue weighted by Crippen LogP contribution is -2.01. The van der Waals surface area contributed by atoms with Crippen LogP contribution in [0, 0.1) is 0 Å². The monoisotopic (exact) mass is 340 g/mol. The third-order valence-corrected chi connectivity index (χ3v) is 3.73. The number of nitrogens with one attached hydrogen (secondary N) is 1. The van der Waals surface area contributed by atoms with Crippen molar-refractivity contribution in [2.75, 3.05) is 11.1 Å². The molecule has 4 nitrogen and oxygen atoms in total. The van der Waals surface area contributed by atoms with Crippen LogP contribution in [0.25, 0.3) is 0 Å². The number of nitrogens with two attached hydrogens (primary N) is 1. The third kappa shape index (κ3) is 3.19. The zero-order valence-electron chi connectivity index (χ0n) is 9.65. The SMILES string of the molecule is Nc1cc(C(=O)O)ccc1Nc1ccc(Br)c(Cl)c1. The molecule has 2 aromatic carbocycles. The Morgan fingerprint density at radius 3 is 2.58 bits per heavy atom. The summed E-state index contributed by atoms with van der Waals surface area (Å²) in [5.41, 5.74) is 7.71. The van der Waals surface area contributed by atoms with Crippen LogP contribution in [0.3, 0.4) is 0 Å². The molecule has 0 saturated heterocycles. The Morgan fingerprint density at radius 1 is 1.26 bits per heavy atom. The van der Waals surface area contributed by atoms with Crippen LogP contribution in [0.1, 0.15) is 10.4 Å². The molecule has 0 aromatic heterocycles. The van der Waals surface area contributed by atoms with Gasteiger partial charge in [-0.3, -0.25) is 0 Å². The largest absolute Gasteiger partial charge is 0.478 e. The number of rotatable bonds is 3. The number of hydrogen-bond acceptors (Lipinski definition) is 3. The second-order valence-corrected chi connectivity index (χ2v) is 5.12. The first-order chi connectivity index (χ1) is 8.97. The zero-order valence-corrected chi connectivity index (χ0v) is 12.0. The van der Waals surface area contributed by atoms with E-state index < -0.39 is 5.97 Å². The van der Waals surface area contributed by atoms with Gasteiger partial charge in [-0.25, -0.2) is 4.79 Å². The number of halogens is 2. The summed E-state index contributed by atoms with van der Waals surface area (Å²) in [6.45, 7) is 0. The van der Waals surface area contributed by atoms with E-state index in [1.807, 2.05) is 12.1 Å². The second kappa shape index (κ2) is 5.50. The number of anilines is 3. The molecule has 0 fully saturated rings. The van der Waals surface area contributed by atoms with Crippen molar-refractivity contribution in [1.82, 2.24) is 0 Å². The number of carbonyl (C=O) groups is 1. The standard InChI is InChI=1S/C13H10BrClN2O2/c14-9-3-2-8(6-10(9)15)17-12-4-1-7(13(18)19)5-11(12)16/h1-6,17H,16H2,(H,18,19). The summed E-state index contributed by atoms with van der Waals surface area (Å²) in [4.78, 5) is 10.8. The van der Waals surface area contributed by atoms with E-state index in [1.165, 1.54) is 12.1 Å². The molecule has 0 unspecified atom stereocenters. The molecule has 0 atom stereocenters. The van der Waals surface area contributed by atoms with Crippen molar-refractivity contribution in [3.8, 4) is 0 Å². The van der Waals surface area contributed by atoms with Gasteiger partial charge in [0.05, 0.1) is 22.0 Å². The van der Waals surface area contributed by atoms with Crippen molar-refractivity contribution in [3.63, 3.8) is 0 Å². The summed E-state index contributed by atoms with van der Waals surface area (Å²) in [7, 11) is 0. The van der Waals surface area contributed by atoms with Crippen LogP contribution in [-0.4, -0.2) is 11.1 Å². The van der Waals surface area contributed by atoms with Gasteiger partial charge in [0.15, 0.2) is 0 Å². The van der Waals surface area contributed by atoms with E-state index in [1.54, 1.807) is 12.1 Å². The lowest BCUT2D eigenvalue weighted by atomic mass is 10.1. The fourth-order valence-electron chi connectivity index (χ4n) is 1.54. The number of hydrogen-bond donors (Lipinski definition) is 3. The predicted molar refractivity (Wildman–Crippen MR) is 80.2 cm³/mol. The molecule has 0 heterocycles. The predicted octanol–water partition coefficient (Wildman–Crippen LogP) is 4.13. The van der Waals surface area contributed by atoms with Crippen molar-refractivity contribution in [2.24, 2.45) is 0 Å². The van der Waals surface area contributed by atoms with Crippen LogP contribution in [0.4, 0.5) is 17.1 Å². The highest BCUT2D eigenvalue weighted by Crippen LogP contribution is 2.29. The van der Waals surface area contributed by atoms with Crippen LogP contribution in [-0.2, 0) is 0 Å². The molecule has 0 saturated carbocycles. The maximum Gasteiger partial charge on any atom is 0.335 e. The van der Waals surface area contributed by atoms with Gasteiger partial charge in [0.25, 0.3) is 0 Å². The fourth-order valence-corrected chi connectivity index (χ4v) is 1.97. The molecule has 0 spiro atoms. The van der Waals surface area contributed by atoms with E-state index in [2.05, 4.69) is 21.2 Å². The van der Waals surface area contributed by atoms with Gasteiger partial charge >= 0.3 is 5.97 Å². The lowest BCUT2D eigenvalue weighted by Gasteiger charge is -2.10. The number of nitrogen functional groups attached to an aromatic ring is 1. The highest BCUT2D eigenvalue weighted by Gasteiger charge is 2.07. The van der Waals surface area contributed by atoms with E-state index in [4.69, 9.17) is 22.4 Å². The van der Waals surface area contributed by atoms with E-state index >= 15 is 0 Å². The van der Waals surface area contributed by atoms with Crippen LogP contribution in [0.2, 0.25) is 5.02 Å². The van der Waals surface area contributed by atoms with Crippen LogP contribution in [0.15, 0.2) is 40.9 Å². The molecule has 2 rings (SSSR count). The van der Waals surface area contributed by atoms with Gasteiger partial charge in [0.1, 0.15) is 0 Å². The quantitative estimate of drug-likeness (QED) is 0.734. The van der Waals surface area contributed by atoms with Crippen LogP contribution >= 0.6 is 27.5 Å². The van der Waals surface area contributed by atoms with E-state index in [0.717, 1.165) is 10.2 Å². The molecule has 0 bridgehead atoms. The summed E-state index contributed by atoms with van der Waals surface area (Å²) >= 11 is 9.30. The summed E-state index contributed by atoms with van der Waals surface area (Å²) in [6.07, 6.45) is 0. The van der Waals surface area contributed by atoms with E-state index in [-0.39, 0.29) is 5.56 Å². The summed E-state index contributed by atoms with van der Waals surface area (Å²) in [5.74, 6) is -1.01. The highest BCUT2D eigenvalue weighted by atomic mass is 79.9. The van der Waals surface area contributed by atoms with Gasteiger partial charge in [-0.15, -0.1) is 0 Å². The highest BCUT2D eigenvalue weighted by molar-refractivity contribution is 9.10. The smallest absolute Gasteiger partial charge is 0.335 e. The molecular formula is C13H10BrClN2O2. The summed E-state index contributed by atoms with van der Waals surface area (Å²) in [5, 5.41) is 12.5. The Hall–Kier alpha value is -1.72. The zero-order chi connectivity index (χ0) is 14.0. The molecule has 0 amide bonds. The maximum absolute atomic E-state index is 10.8. The van der Waals surface area contributed by atoms with Gasteiger partial charge < -0.3 is 16.2 Å². The van der Waals surface area contributed by atoms with Gasteiger partial charge in [0.2, 0.25) is 0 Å². The van der Waals surface area contributed by atoms with Gasteiger partial charge in [-0.2, -0.15) is 0 Å². The molecule has 0 aliphatic heterocycles. The summed E-state index contributed by atoms with van der Waals surface area (Å²) in [6, 6.07) is 9.91. The fraction of sp³-hybridized carbons (Fsp3) is 0. The normalized spacial score (nSPS) is 10.2. The van der Waals surface area contributed by atoms with Gasteiger partial charge in [0, 0.05) is 10.2 Å². The Balaban J connectivity index is 2.28. The molecule has 98 valence electrons. The number of carboxylic acid groups (broad SMARTS) is 1. The lowest BCUT2D eigenvalue weighted by molar-refractivity contribution is 0.0697. The minimum Gasteiger partial charge on any atom is -0.478 e. The number of benzene rings is 2. The van der Waals surface area contributed by atoms with Crippen molar-refractivity contribution in [3.05, 3.63) is 51.5 Å². The first kappa shape index (κ1) is 13.7. The first-order valence-corrected chi connectivity index (χ1v) is 6.49. The number of aromatic carboxylic acids is 1. The first-order valence-electron chi connectivity index (χ1n) is 5.32.